The molecule has 0 radical (unpaired) electrons. The van der Waals surface area contributed by atoms with Gasteiger partial charge in [0, 0.05) is 13.6 Å². The minimum Gasteiger partial charge on any atom is -0.334 e. The highest BCUT2D eigenvalue weighted by Gasteiger charge is 2.08. The zero-order valence-electron chi connectivity index (χ0n) is 12.2. The minimum absolute atomic E-state index is 0.309. The number of urea groups is 1. The molecule has 0 aliphatic rings. The molecule has 0 aliphatic heterocycles. The van der Waals surface area contributed by atoms with Gasteiger partial charge in [-0.15, -0.1) is 5.10 Å². The first-order valence-electron chi connectivity index (χ1n) is 6.44. The Labute approximate surface area is 118 Å². The number of nitrogens with one attached hydrogen (secondary N) is 2. The van der Waals surface area contributed by atoms with Crippen molar-refractivity contribution in [1.82, 2.24) is 20.1 Å². The van der Waals surface area contributed by atoms with Crippen molar-refractivity contribution in [3.8, 4) is 0 Å². The molecule has 1 aromatic carbocycles. The molecule has 0 spiro atoms. The van der Waals surface area contributed by atoms with Gasteiger partial charge in [-0.1, -0.05) is 23.8 Å². The zero-order chi connectivity index (χ0) is 14.7. The second-order valence-corrected chi connectivity index (χ2v) is 4.84. The van der Waals surface area contributed by atoms with Crippen LogP contribution < -0.4 is 10.6 Å². The van der Waals surface area contributed by atoms with Crippen LogP contribution in [0.1, 0.15) is 22.5 Å². The highest BCUT2D eigenvalue weighted by molar-refractivity contribution is 5.87. The third-order valence-corrected chi connectivity index (χ3v) is 3.15. The quantitative estimate of drug-likeness (QED) is 0.899. The van der Waals surface area contributed by atoms with E-state index in [9.17, 15) is 4.79 Å². The Kier molecular flexibility index (Phi) is 4.02. The lowest BCUT2D eigenvalue weighted by Crippen LogP contribution is -2.29. The summed E-state index contributed by atoms with van der Waals surface area (Å²) in [5, 5.41) is 9.49. The largest absolute Gasteiger partial charge is 0.334 e. The van der Waals surface area contributed by atoms with E-state index >= 15 is 0 Å². The van der Waals surface area contributed by atoms with Crippen molar-refractivity contribution in [2.75, 3.05) is 5.32 Å². The highest BCUT2D eigenvalue weighted by atomic mass is 16.2. The van der Waals surface area contributed by atoms with Crippen molar-refractivity contribution in [2.24, 2.45) is 7.05 Å². The van der Waals surface area contributed by atoms with E-state index in [1.54, 1.807) is 11.7 Å². The van der Waals surface area contributed by atoms with Crippen LogP contribution in [0.3, 0.4) is 0 Å². The molecule has 20 heavy (non-hydrogen) atoms. The number of hydrogen-bond donors (Lipinski definition) is 2. The topological polar surface area (TPSA) is 71.8 Å². The van der Waals surface area contributed by atoms with Crippen molar-refractivity contribution in [3.63, 3.8) is 0 Å². The van der Waals surface area contributed by atoms with Crippen LogP contribution in [0, 0.1) is 20.8 Å². The average molecular weight is 273 g/mol. The average Bonchev–Trinajstić information content (AvgIpc) is 2.69. The molecular weight excluding hydrogens is 254 g/mol. The molecular formula is C14H19N5O. The summed E-state index contributed by atoms with van der Waals surface area (Å²) in [7, 11) is 1.78. The summed E-state index contributed by atoms with van der Waals surface area (Å²) in [6.45, 7) is 6.36. The Morgan fingerprint density at radius 1 is 1.30 bits per heavy atom. The Hall–Kier alpha value is -2.37. The minimum atomic E-state index is -0.309. The highest BCUT2D eigenvalue weighted by Crippen LogP contribution is 2.10. The fourth-order valence-electron chi connectivity index (χ4n) is 1.83. The summed E-state index contributed by atoms with van der Waals surface area (Å²) in [6, 6.07) is 5.86. The van der Waals surface area contributed by atoms with Crippen molar-refractivity contribution < 1.29 is 4.79 Å². The van der Waals surface area contributed by atoms with Gasteiger partial charge in [-0.05, 0) is 31.9 Å². The molecule has 6 nitrogen and oxygen atoms in total. The van der Waals surface area contributed by atoms with E-state index in [1.807, 2.05) is 26.8 Å². The van der Waals surface area contributed by atoms with Crippen LogP contribution >= 0.6 is 0 Å². The maximum atomic E-state index is 11.8. The van der Waals surface area contributed by atoms with E-state index in [1.165, 1.54) is 5.56 Å². The van der Waals surface area contributed by atoms with Crippen molar-refractivity contribution in [1.29, 1.82) is 0 Å². The number of hydrogen-bond acceptors (Lipinski definition) is 3. The van der Waals surface area contributed by atoms with Crippen LogP contribution in [-0.2, 0) is 13.6 Å². The third-order valence-electron chi connectivity index (χ3n) is 3.15. The van der Waals surface area contributed by atoms with E-state index in [0.29, 0.717) is 12.5 Å². The van der Waals surface area contributed by atoms with Crippen LogP contribution in [-0.4, -0.2) is 20.8 Å². The van der Waals surface area contributed by atoms with Gasteiger partial charge in [-0.2, -0.15) is 4.98 Å². The van der Waals surface area contributed by atoms with Gasteiger partial charge in [0.2, 0.25) is 5.95 Å². The summed E-state index contributed by atoms with van der Waals surface area (Å²) in [5.41, 5.74) is 3.43. The molecule has 2 amide bonds. The number of nitrogens with zero attached hydrogens (tertiary/aromatic N) is 3. The van der Waals surface area contributed by atoms with Crippen LogP contribution in [0.2, 0.25) is 0 Å². The fourth-order valence-corrected chi connectivity index (χ4v) is 1.83. The van der Waals surface area contributed by atoms with Gasteiger partial charge in [0.15, 0.2) is 0 Å². The van der Waals surface area contributed by atoms with Gasteiger partial charge >= 0.3 is 6.03 Å². The van der Waals surface area contributed by atoms with E-state index in [0.717, 1.165) is 17.0 Å². The number of aromatic nitrogens is 3. The molecule has 2 rings (SSSR count). The third kappa shape index (κ3) is 3.34. The lowest BCUT2D eigenvalue weighted by Gasteiger charge is -2.08. The van der Waals surface area contributed by atoms with E-state index in [4.69, 9.17) is 0 Å². The molecule has 0 unspecified atom stereocenters. The molecule has 2 aromatic rings. The van der Waals surface area contributed by atoms with Crippen LogP contribution in [0.25, 0.3) is 0 Å². The second-order valence-electron chi connectivity index (χ2n) is 4.84. The zero-order valence-corrected chi connectivity index (χ0v) is 12.2. The predicted octanol–water partition coefficient (Wildman–Crippen LogP) is 2.06. The molecule has 0 saturated carbocycles. The number of amides is 2. The van der Waals surface area contributed by atoms with Crippen LogP contribution in [0.5, 0.6) is 0 Å². The van der Waals surface area contributed by atoms with E-state index in [2.05, 4.69) is 32.8 Å². The summed E-state index contributed by atoms with van der Waals surface area (Å²) in [6.07, 6.45) is 0. The lowest BCUT2D eigenvalue weighted by molar-refractivity contribution is 0.251. The standard InChI is InChI=1S/C14H19N5O/c1-9-5-6-10(2)12(7-9)8-15-14(20)17-13-16-11(3)19(4)18-13/h5-7H,8H2,1-4H3,(H2,15,17,18,20). The summed E-state index contributed by atoms with van der Waals surface area (Å²) in [5.74, 6) is 1.05. The molecule has 1 aromatic heterocycles. The predicted molar refractivity (Wildman–Crippen MR) is 77.5 cm³/mol. The molecule has 0 saturated heterocycles. The molecule has 2 N–H and O–H groups in total. The summed E-state index contributed by atoms with van der Waals surface area (Å²) >= 11 is 0. The number of anilines is 1. The number of benzene rings is 1. The van der Waals surface area contributed by atoms with Crippen LogP contribution in [0.15, 0.2) is 18.2 Å². The van der Waals surface area contributed by atoms with Crippen molar-refractivity contribution in [2.45, 2.75) is 27.3 Å². The Balaban J connectivity index is 1.93. The maximum Gasteiger partial charge on any atom is 0.321 e. The van der Waals surface area contributed by atoms with Gasteiger partial charge in [0.05, 0.1) is 0 Å². The van der Waals surface area contributed by atoms with Gasteiger partial charge in [0.25, 0.3) is 0 Å². The Bertz CT molecular complexity index is 613. The Morgan fingerprint density at radius 3 is 2.70 bits per heavy atom. The molecule has 0 atom stereocenters. The molecule has 0 bridgehead atoms. The molecule has 0 fully saturated rings. The van der Waals surface area contributed by atoms with Gasteiger partial charge < -0.3 is 5.32 Å². The molecule has 106 valence electrons. The Morgan fingerprint density at radius 2 is 2.05 bits per heavy atom. The van der Waals surface area contributed by atoms with Gasteiger partial charge in [0.1, 0.15) is 5.82 Å². The maximum absolute atomic E-state index is 11.8. The fraction of sp³-hybridized carbons (Fsp3) is 0.357. The first-order valence-corrected chi connectivity index (χ1v) is 6.44. The first kappa shape index (κ1) is 14.0. The monoisotopic (exact) mass is 273 g/mol. The lowest BCUT2D eigenvalue weighted by atomic mass is 10.1. The SMILES string of the molecule is Cc1ccc(C)c(CNC(=O)Nc2nc(C)n(C)n2)c1. The van der Waals surface area contributed by atoms with E-state index < -0.39 is 0 Å². The van der Waals surface area contributed by atoms with Gasteiger partial charge in [-0.25, -0.2) is 4.79 Å². The number of aryl methyl sites for hydroxylation is 4. The summed E-state index contributed by atoms with van der Waals surface area (Å²) < 4.78 is 1.61. The molecule has 6 heteroatoms. The molecule has 0 aliphatic carbocycles. The van der Waals surface area contributed by atoms with Gasteiger partial charge in [-0.3, -0.25) is 10.00 Å². The summed E-state index contributed by atoms with van der Waals surface area (Å²) in [4.78, 5) is 15.9. The normalized spacial score (nSPS) is 10.4. The van der Waals surface area contributed by atoms with E-state index in [-0.39, 0.29) is 6.03 Å². The number of carbonyl (C=O) groups excluding carboxylic acids is 1. The first-order chi connectivity index (χ1) is 9.45. The number of rotatable bonds is 3. The van der Waals surface area contributed by atoms with Crippen molar-refractivity contribution in [3.05, 3.63) is 40.7 Å². The van der Waals surface area contributed by atoms with Crippen LogP contribution in [0.4, 0.5) is 10.7 Å². The smallest absolute Gasteiger partial charge is 0.321 e. The number of carbonyl (C=O) groups is 1. The van der Waals surface area contributed by atoms with Crippen molar-refractivity contribution >= 4 is 12.0 Å². The molecule has 1 heterocycles. The second kappa shape index (κ2) is 5.73.